The summed E-state index contributed by atoms with van der Waals surface area (Å²) in [5.74, 6) is 0. The summed E-state index contributed by atoms with van der Waals surface area (Å²) < 4.78 is 0. The molecule has 1 atom stereocenters. The van der Waals surface area contributed by atoms with Crippen molar-refractivity contribution in [3.8, 4) is 11.1 Å². The molecule has 0 spiro atoms. The Kier molecular flexibility index (Phi) is 4.57. The number of rotatable bonds is 4. The summed E-state index contributed by atoms with van der Waals surface area (Å²) in [5.41, 5.74) is 5.24. The third kappa shape index (κ3) is 3.48. The van der Waals surface area contributed by atoms with Gasteiger partial charge in [-0.2, -0.15) is 0 Å². The lowest BCUT2D eigenvalue weighted by Gasteiger charge is -2.18. The Morgan fingerprint density at radius 2 is 1.60 bits per heavy atom. The van der Waals surface area contributed by atoms with E-state index in [0.717, 1.165) is 17.5 Å². The van der Waals surface area contributed by atoms with Crippen LogP contribution in [0.2, 0.25) is 0 Å². The molecule has 1 N–H and O–H groups in total. The Labute approximate surface area is 120 Å². The number of benzene rings is 2. The molecule has 1 unspecified atom stereocenters. The van der Waals surface area contributed by atoms with Crippen molar-refractivity contribution in [1.29, 1.82) is 0 Å². The van der Waals surface area contributed by atoms with Gasteiger partial charge in [0.2, 0.25) is 0 Å². The van der Waals surface area contributed by atoms with Crippen LogP contribution >= 0.6 is 0 Å². The molecule has 0 heterocycles. The second kappa shape index (κ2) is 6.38. The summed E-state index contributed by atoms with van der Waals surface area (Å²) in [6.07, 6.45) is 4.53. The fraction of sp³-hybridized carbons (Fsp3) is 0.211. The first-order valence-electron chi connectivity index (χ1n) is 6.94. The standard InChI is InChI=1S/C19H20O/c1-3-4-8-15-19(2,20)18-13-11-17(12-14-18)16-9-6-5-7-10-16/h4-7,9-15,20H,3H2,1-2H3. The summed E-state index contributed by atoms with van der Waals surface area (Å²) >= 11 is 0. The summed E-state index contributed by atoms with van der Waals surface area (Å²) in [6, 6.07) is 18.2. The van der Waals surface area contributed by atoms with E-state index >= 15 is 0 Å². The molecule has 0 radical (unpaired) electrons. The van der Waals surface area contributed by atoms with Gasteiger partial charge >= 0.3 is 0 Å². The van der Waals surface area contributed by atoms with Crippen LogP contribution in [0, 0.1) is 0 Å². The highest BCUT2D eigenvalue weighted by molar-refractivity contribution is 5.63. The fourth-order valence-electron chi connectivity index (χ4n) is 2.05. The third-order valence-corrected chi connectivity index (χ3v) is 3.26. The monoisotopic (exact) mass is 264 g/mol. The summed E-state index contributed by atoms with van der Waals surface area (Å²) in [6.45, 7) is 3.82. The second-order valence-corrected chi connectivity index (χ2v) is 5.01. The van der Waals surface area contributed by atoms with Crippen LogP contribution in [-0.4, -0.2) is 5.11 Å². The molecule has 1 nitrogen and oxygen atoms in total. The van der Waals surface area contributed by atoms with E-state index in [9.17, 15) is 5.11 Å². The van der Waals surface area contributed by atoms with Gasteiger partial charge in [-0.1, -0.05) is 61.5 Å². The predicted molar refractivity (Wildman–Crippen MR) is 84.4 cm³/mol. The van der Waals surface area contributed by atoms with Gasteiger partial charge in [0.1, 0.15) is 5.60 Å². The maximum absolute atomic E-state index is 10.4. The van der Waals surface area contributed by atoms with E-state index in [1.165, 1.54) is 5.56 Å². The molecule has 1 heteroatoms. The topological polar surface area (TPSA) is 20.2 Å². The average molecular weight is 264 g/mol. The Bertz CT molecular complexity index is 600. The van der Waals surface area contributed by atoms with Gasteiger partial charge in [-0.15, -0.1) is 5.73 Å². The SMILES string of the molecule is CCC=C=CC(C)(O)c1ccc(-c2ccccc2)cc1. The Balaban J connectivity index is 2.26. The molecule has 2 rings (SSSR count). The van der Waals surface area contributed by atoms with E-state index in [1.807, 2.05) is 55.5 Å². The fourth-order valence-corrected chi connectivity index (χ4v) is 2.05. The van der Waals surface area contributed by atoms with Crippen LogP contribution in [0.1, 0.15) is 25.8 Å². The quantitative estimate of drug-likeness (QED) is 0.795. The second-order valence-electron chi connectivity index (χ2n) is 5.01. The van der Waals surface area contributed by atoms with Gasteiger partial charge in [-0.3, -0.25) is 0 Å². The number of hydrogen-bond donors (Lipinski definition) is 1. The minimum atomic E-state index is -0.985. The first-order valence-corrected chi connectivity index (χ1v) is 6.94. The first kappa shape index (κ1) is 14.3. The van der Waals surface area contributed by atoms with Gasteiger partial charge in [0, 0.05) is 0 Å². The lowest BCUT2D eigenvalue weighted by Crippen LogP contribution is -2.17. The average Bonchev–Trinajstić information content (AvgIpc) is 2.48. The van der Waals surface area contributed by atoms with Crippen LogP contribution < -0.4 is 0 Å². The van der Waals surface area contributed by atoms with E-state index in [0.29, 0.717) is 0 Å². The highest BCUT2D eigenvalue weighted by Gasteiger charge is 2.18. The minimum Gasteiger partial charge on any atom is -0.381 e. The lowest BCUT2D eigenvalue weighted by atomic mass is 9.93. The van der Waals surface area contributed by atoms with Crippen LogP contribution in [0.25, 0.3) is 11.1 Å². The van der Waals surface area contributed by atoms with Crippen molar-refractivity contribution in [3.63, 3.8) is 0 Å². The van der Waals surface area contributed by atoms with E-state index in [-0.39, 0.29) is 0 Å². The van der Waals surface area contributed by atoms with Crippen LogP contribution in [0.15, 0.2) is 72.5 Å². The third-order valence-electron chi connectivity index (χ3n) is 3.26. The molecule has 0 amide bonds. The molecular weight excluding hydrogens is 244 g/mol. The number of aliphatic hydroxyl groups is 1. The maximum Gasteiger partial charge on any atom is 0.112 e. The van der Waals surface area contributed by atoms with Crippen LogP contribution in [0.4, 0.5) is 0 Å². The van der Waals surface area contributed by atoms with E-state index in [1.54, 1.807) is 13.0 Å². The summed E-state index contributed by atoms with van der Waals surface area (Å²) in [5, 5.41) is 10.4. The van der Waals surface area contributed by atoms with Crippen molar-refractivity contribution in [2.24, 2.45) is 0 Å². The van der Waals surface area contributed by atoms with Crippen molar-refractivity contribution in [2.75, 3.05) is 0 Å². The van der Waals surface area contributed by atoms with Crippen LogP contribution in [-0.2, 0) is 5.60 Å². The van der Waals surface area contributed by atoms with Gasteiger partial charge in [-0.25, -0.2) is 0 Å². The molecule has 0 aromatic heterocycles. The zero-order valence-corrected chi connectivity index (χ0v) is 12.0. The van der Waals surface area contributed by atoms with Gasteiger partial charge in [0.25, 0.3) is 0 Å². The van der Waals surface area contributed by atoms with Crippen molar-refractivity contribution in [1.82, 2.24) is 0 Å². The summed E-state index contributed by atoms with van der Waals surface area (Å²) in [7, 11) is 0. The lowest BCUT2D eigenvalue weighted by molar-refractivity contribution is 0.111. The smallest absolute Gasteiger partial charge is 0.112 e. The molecule has 0 saturated heterocycles. The van der Waals surface area contributed by atoms with Crippen molar-refractivity contribution < 1.29 is 5.11 Å². The minimum absolute atomic E-state index is 0.870. The Morgan fingerprint density at radius 3 is 2.20 bits per heavy atom. The molecular formula is C19H20O. The van der Waals surface area contributed by atoms with Crippen LogP contribution in [0.5, 0.6) is 0 Å². The zero-order valence-electron chi connectivity index (χ0n) is 12.0. The predicted octanol–water partition coefficient (Wildman–Crippen LogP) is 4.68. The largest absolute Gasteiger partial charge is 0.381 e. The van der Waals surface area contributed by atoms with E-state index in [4.69, 9.17) is 0 Å². The number of hydrogen-bond acceptors (Lipinski definition) is 1. The van der Waals surface area contributed by atoms with Gasteiger partial charge in [0.15, 0.2) is 0 Å². The Morgan fingerprint density at radius 1 is 1.00 bits per heavy atom. The molecule has 102 valence electrons. The Hall–Kier alpha value is -2.08. The highest BCUT2D eigenvalue weighted by atomic mass is 16.3. The molecule has 0 bridgehead atoms. The molecule has 0 saturated carbocycles. The molecule has 0 aliphatic carbocycles. The molecule has 0 aliphatic rings. The van der Waals surface area contributed by atoms with Crippen molar-refractivity contribution >= 4 is 0 Å². The molecule has 20 heavy (non-hydrogen) atoms. The van der Waals surface area contributed by atoms with Crippen LogP contribution in [0.3, 0.4) is 0 Å². The molecule has 2 aromatic carbocycles. The van der Waals surface area contributed by atoms with Gasteiger partial charge < -0.3 is 5.11 Å². The normalized spacial score (nSPS) is 13.2. The van der Waals surface area contributed by atoms with Crippen molar-refractivity contribution in [2.45, 2.75) is 25.9 Å². The molecule has 2 aromatic rings. The van der Waals surface area contributed by atoms with E-state index < -0.39 is 5.60 Å². The zero-order chi connectivity index (χ0) is 14.4. The highest BCUT2D eigenvalue weighted by Crippen LogP contribution is 2.25. The maximum atomic E-state index is 10.4. The van der Waals surface area contributed by atoms with Gasteiger partial charge in [0.05, 0.1) is 0 Å². The van der Waals surface area contributed by atoms with Gasteiger partial charge in [-0.05, 0) is 42.2 Å². The summed E-state index contributed by atoms with van der Waals surface area (Å²) in [4.78, 5) is 0. The molecule has 0 aliphatic heterocycles. The molecule has 0 fully saturated rings. The van der Waals surface area contributed by atoms with E-state index in [2.05, 4.69) is 17.9 Å². The van der Waals surface area contributed by atoms with Crippen molar-refractivity contribution in [3.05, 3.63) is 78.0 Å². The first-order chi connectivity index (χ1) is 9.63.